The highest BCUT2D eigenvalue weighted by atomic mass is 79.9. The third-order valence-corrected chi connectivity index (χ3v) is 12.3. The van der Waals surface area contributed by atoms with E-state index in [1.807, 2.05) is 54.6 Å². The van der Waals surface area contributed by atoms with Gasteiger partial charge in [0, 0.05) is 40.5 Å². The van der Waals surface area contributed by atoms with Crippen molar-refractivity contribution < 1.29 is 16.8 Å². The molecule has 1 aliphatic heterocycles. The Labute approximate surface area is 272 Å². The number of halogens is 1. The molecule has 45 heavy (non-hydrogen) atoms. The maximum absolute atomic E-state index is 14.2. The number of pyridine rings is 1. The Morgan fingerprint density at radius 3 is 2.24 bits per heavy atom. The number of hydrogen-bond donors (Lipinski definition) is 2. The van der Waals surface area contributed by atoms with Crippen molar-refractivity contribution in [1.82, 2.24) is 13.9 Å². The average Bonchev–Trinajstić information content (AvgIpc) is 3.43. The number of benzene rings is 3. The molecule has 234 valence electrons. The second-order valence-corrected chi connectivity index (χ2v) is 16.4. The van der Waals surface area contributed by atoms with E-state index in [2.05, 4.69) is 31.1 Å². The van der Waals surface area contributed by atoms with Crippen LogP contribution in [0.4, 0.5) is 11.4 Å². The molecule has 1 aliphatic rings. The number of piperidine rings is 1. The Kier molecular flexibility index (Phi) is 8.75. The predicted molar refractivity (Wildman–Crippen MR) is 183 cm³/mol. The Morgan fingerprint density at radius 2 is 1.60 bits per heavy atom. The maximum Gasteiger partial charge on any atom is 0.269 e. The van der Waals surface area contributed by atoms with Gasteiger partial charge in [0.1, 0.15) is 9.84 Å². The number of nitrogens with one attached hydrogen (secondary N) is 1. The lowest BCUT2D eigenvalue weighted by molar-refractivity contribution is 0.222. The fraction of sp³-hybridized carbons (Fsp3) is 0.242. The summed E-state index contributed by atoms with van der Waals surface area (Å²) in [5.74, 6) is 0. The first-order valence-corrected chi connectivity index (χ1v) is 18.8. The van der Waals surface area contributed by atoms with E-state index in [1.54, 1.807) is 30.3 Å². The van der Waals surface area contributed by atoms with Gasteiger partial charge in [0.05, 0.1) is 27.7 Å². The molecule has 2 aromatic heterocycles. The van der Waals surface area contributed by atoms with Crippen LogP contribution in [0.3, 0.4) is 0 Å². The molecule has 1 saturated heterocycles. The quantitative estimate of drug-likeness (QED) is 0.194. The number of hydrogen-bond acceptors (Lipinski definition) is 8. The third-order valence-electron chi connectivity index (χ3n) is 8.32. The number of nitrogens with two attached hydrogens (primary N) is 1. The van der Waals surface area contributed by atoms with Gasteiger partial charge >= 0.3 is 0 Å². The number of rotatable bonds is 9. The number of anilines is 2. The van der Waals surface area contributed by atoms with Crippen molar-refractivity contribution in [2.24, 2.45) is 0 Å². The van der Waals surface area contributed by atoms with Crippen molar-refractivity contribution in [1.29, 1.82) is 0 Å². The van der Waals surface area contributed by atoms with Crippen LogP contribution in [-0.2, 0) is 33.0 Å². The van der Waals surface area contributed by atoms with Crippen LogP contribution in [-0.4, -0.2) is 55.3 Å². The van der Waals surface area contributed by atoms with E-state index in [1.165, 1.54) is 16.4 Å². The summed E-state index contributed by atoms with van der Waals surface area (Å²) in [5, 5.41) is 3.76. The molecular formula is C33H34BrN5O4S2. The maximum atomic E-state index is 14.2. The number of fused-ring (bicyclic) bond motifs is 1. The first-order valence-electron chi connectivity index (χ1n) is 14.6. The summed E-state index contributed by atoms with van der Waals surface area (Å²) in [5.41, 5.74) is 11.1. The van der Waals surface area contributed by atoms with E-state index in [4.69, 9.17) is 5.73 Å². The van der Waals surface area contributed by atoms with Gasteiger partial charge in [-0.3, -0.25) is 4.90 Å². The molecule has 12 heteroatoms. The van der Waals surface area contributed by atoms with Crippen LogP contribution in [0, 0.1) is 0 Å². The minimum absolute atomic E-state index is 0.158. The van der Waals surface area contributed by atoms with Gasteiger partial charge in [0.2, 0.25) is 0 Å². The molecule has 0 saturated carbocycles. The van der Waals surface area contributed by atoms with Gasteiger partial charge < -0.3 is 11.1 Å². The molecule has 3 heterocycles. The van der Waals surface area contributed by atoms with Gasteiger partial charge in [-0.15, -0.1) is 0 Å². The summed E-state index contributed by atoms with van der Waals surface area (Å²) < 4.78 is 54.5. The zero-order valence-corrected chi connectivity index (χ0v) is 27.9. The molecule has 0 radical (unpaired) electrons. The lowest BCUT2D eigenvalue weighted by Gasteiger charge is -2.31. The summed E-state index contributed by atoms with van der Waals surface area (Å²) in [6, 6.07) is 25.8. The number of likely N-dealkylation sites (tertiary alicyclic amines) is 1. The molecule has 5 aromatic rings. The van der Waals surface area contributed by atoms with E-state index in [0.29, 0.717) is 61.4 Å². The third kappa shape index (κ3) is 6.64. The van der Waals surface area contributed by atoms with Gasteiger partial charge in [-0.05, 0) is 79.5 Å². The first-order chi connectivity index (χ1) is 21.5. The summed E-state index contributed by atoms with van der Waals surface area (Å²) in [7, 11) is -7.05. The Hall–Kier alpha value is -3.71. The molecule has 6 rings (SSSR count). The SMILES string of the molecule is CS(=O)(=O)C1CCN(Cc2ccc(-c3cc4c(CNc5ccc(Br)cc5)c(N)cnc4n3S(=O)(=O)c3ccccc3)cc2)CC1. The minimum Gasteiger partial charge on any atom is -0.397 e. The van der Waals surface area contributed by atoms with Crippen molar-refractivity contribution in [2.75, 3.05) is 30.4 Å². The van der Waals surface area contributed by atoms with Crippen LogP contribution >= 0.6 is 15.9 Å². The Bertz CT molecular complexity index is 2040. The topological polar surface area (TPSA) is 127 Å². The van der Waals surface area contributed by atoms with Gasteiger partial charge in [-0.25, -0.2) is 25.8 Å². The largest absolute Gasteiger partial charge is 0.397 e. The predicted octanol–water partition coefficient (Wildman–Crippen LogP) is 5.91. The fourth-order valence-electron chi connectivity index (χ4n) is 5.82. The highest BCUT2D eigenvalue weighted by Crippen LogP contribution is 2.35. The van der Waals surface area contributed by atoms with Crippen molar-refractivity contribution >= 4 is 58.2 Å². The second kappa shape index (κ2) is 12.6. The Balaban J connectivity index is 1.37. The van der Waals surface area contributed by atoms with Crippen molar-refractivity contribution in [2.45, 2.75) is 36.1 Å². The summed E-state index contributed by atoms with van der Waals surface area (Å²) in [4.78, 5) is 6.95. The number of sulfone groups is 1. The zero-order chi connectivity index (χ0) is 31.8. The molecule has 0 spiro atoms. The van der Waals surface area contributed by atoms with Gasteiger partial charge in [-0.1, -0.05) is 58.4 Å². The molecule has 0 unspecified atom stereocenters. The molecule has 3 N–H and O–H groups in total. The molecule has 3 aromatic carbocycles. The van der Waals surface area contributed by atoms with Crippen LogP contribution in [0.1, 0.15) is 24.0 Å². The highest BCUT2D eigenvalue weighted by molar-refractivity contribution is 9.10. The molecule has 0 atom stereocenters. The van der Waals surface area contributed by atoms with E-state index in [0.717, 1.165) is 26.9 Å². The smallest absolute Gasteiger partial charge is 0.269 e. The average molecular weight is 709 g/mol. The number of aromatic nitrogens is 2. The highest BCUT2D eigenvalue weighted by Gasteiger charge is 2.28. The standard InChI is InChI=1S/C33H34BrN5O4S2/c1-44(40,41)27-15-17-38(18-16-27)22-23-7-9-24(10-8-23)32-19-29-30(20-36-26-13-11-25(34)12-14-26)31(35)21-37-33(29)39(32)45(42,43)28-5-3-2-4-6-28/h2-14,19,21,27,36H,15-18,20,22,35H2,1H3. The van der Waals surface area contributed by atoms with Crippen LogP contribution in [0.25, 0.3) is 22.3 Å². The van der Waals surface area contributed by atoms with Crippen LogP contribution in [0.2, 0.25) is 0 Å². The van der Waals surface area contributed by atoms with Crippen molar-refractivity contribution in [3.63, 3.8) is 0 Å². The van der Waals surface area contributed by atoms with Crippen LogP contribution in [0.5, 0.6) is 0 Å². The van der Waals surface area contributed by atoms with Crippen molar-refractivity contribution in [3.05, 3.63) is 107 Å². The summed E-state index contributed by atoms with van der Waals surface area (Å²) in [6.45, 7) is 2.49. The minimum atomic E-state index is -4.02. The van der Waals surface area contributed by atoms with Crippen LogP contribution < -0.4 is 11.1 Å². The van der Waals surface area contributed by atoms with Gasteiger partial charge in [0.25, 0.3) is 10.0 Å². The molecule has 1 fully saturated rings. The van der Waals surface area contributed by atoms with Crippen LogP contribution in [0.15, 0.2) is 100 Å². The van der Waals surface area contributed by atoms with E-state index >= 15 is 0 Å². The summed E-state index contributed by atoms with van der Waals surface area (Å²) >= 11 is 3.46. The lowest BCUT2D eigenvalue weighted by atomic mass is 10.1. The number of nitrogens with zero attached hydrogens (tertiary/aromatic N) is 3. The monoisotopic (exact) mass is 707 g/mol. The molecule has 0 aliphatic carbocycles. The fourth-order valence-corrected chi connectivity index (χ4v) is 8.66. The summed E-state index contributed by atoms with van der Waals surface area (Å²) in [6.07, 6.45) is 4.08. The molecular weight excluding hydrogens is 674 g/mol. The van der Waals surface area contributed by atoms with E-state index in [-0.39, 0.29) is 10.1 Å². The van der Waals surface area contributed by atoms with Gasteiger partial charge in [0.15, 0.2) is 5.65 Å². The lowest BCUT2D eigenvalue weighted by Crippen LogP contribution is -2.38. The zero-order valence-electron chi connectivity index (χ0n) is 24.7. The van der Waals surface area contributed by atoms with E-state index in [9.17, 15) is 16.8 Å². The normalized spacial score (nSPS) is 15.0. The molecule has 0 amide bonds. The molecule has 0 bridgehead atoms. The Morgan fingerprint density at radius 1 is 0.933 bits per heavy atom. The van der Waals surface area contributed by atoms with Crippen molar-refractivity contribution in [3.8, 4) is 11.3 Å². The number of nitrogen functional groups attached to an aromatic ring is 1. The first kappa shape index (κ1) is 31.3. The second-order valence-electron chi connectivity index (χ2n) is 11.4. The molecule has 9 nitrogen and oxygen atoms in total. The van der Waals surface area contributed by atoms with E-state index < -0.39 is 19.9 Å². The van der Waals surface area contributed by atoms with Gasteiger partial charge in [-0.2, -0.15) is 0 Å².